The van der Waals surface area contributed by atoms with Gasteiger partial charge in [-0.1, -0.05) is 53.3 Å². The normalized spacial score (nSPS) is 11.1. The molecule has 0 saturated heterocycles. The second-order valence-corrected chi connectivity index (χ2v) is 8.71. The van der Waals surface area contributed by atoms with Gasteiger partial charge in [0.1, 0.15) is 0 Å². The van der Waals surface area contributed by atoms with Gasteiger partial charge in [0.25, 0.3) is 0 Å². The molecule has 0 aliphatic heterocycles. The second kappa shape index (κ2) is 8.30. The number of thiazole rings is 1. The van der Waals surface area contributed by atoms with E-state index in [1.165, 1.54) is 22.1 Å². The van der Waals surface area contributed by atoms with Crippen molar-refractivity contribution in [1.82, 2.24) is 4.98 Å². The van der Waals surface area contributed by atoms with Crippen LogP contribution in [0.15, 0.2) is 65.6 Å². The molecule has 0 radical (unpaired) electrons. The van der Waals surface area contributed by atoms with Crippen LogP contribution in [0.4, 0.5) is 5.13 Å². The van der Waals surface area contributed by atoms with Gasteiger partial charge in [-0.3, -0.25) is 4.79 Å². The van der Waals surface area contributed by atoms with Gasteiger partial charge in [-0.2, -0.15) is 0 Å². The fourth-order valence-electron chi connectivity index (χ4n) is 2.84. The molecule has 0 aliphatic carbocycles. The maximum Gasteiger partial charge on any atom is 0.226 e. The number of halogens is 1. The number of benzene rings is 3. The summed E-state index contributed by atoms with van der Waals surface area (Å²) in [7, 11) is 0. The number of anilines is 1. The van der Waals surface area contributed by atoms with Crippen LogP contribution in [0.1, 0.15) is 12.8 Å². The summed E-state index contributed by atoms with van der Waals surface area (Å²) >= 11 is 9.15. The molecule has 3 nitrogen and oxygen atoms in total. The quantitative estimate of drug-likeness (QED) is 0.286. The lowest BCUT2D eigenvalue weighted by atomic mass is 10.1. The molecular weight excluding hydrogens is 396 g/mol. The summed E-state index contributed by atoms with van der Waals surface area (Å²) < 4.78 is 1.11. The molecule has 0 spiro atoms. The molecule has 1 N–H and O–H groups in total. The van der Waals surface area contributed by atoms with Crippen LogP contribution >= 0.6 is 34.7 Å². The lowest BCUT2D eigenvalue weighted by Crippen LogP contribution is -2.11. The summed E-state index contributed by atoms with van der Waals surface area (Å²) in [6, 6.07) is 20.1. The zero-order valence-corrected chi connectivity index (χ0v) is 16.8. The van der Waals surface area contributed by atoms with Crippen molar-refractivity contribution < 1.29 is 4.79 Å². The minimum atomic E-state index is 0.00932. The number of fused-ring (bicyclic) bond motifs is 3. The Hall–Kier alpha value is -2.08. The Morgan fingerprint density at radius 1 is 1.07 bits per heavy atom. The standard InChI is InChI=1S/C21H17ClN2OS2/c22-15-8-10-16(11-9-15)26-13-3-6-19(25)24-21-23-18-12-7-14-4-1-2-5-17(14)20(18)27-21/h1-2,4-5,7-12H,3,6,13H2,(H,23,24,25). The smallest absolute Gasteiger partial charge is 0.226 e. The van der Waals surface area contributed by atoms with E-state index >= 15 is 0 Å². The molecule has 0 unspecified atom stereocenters. The van der Waals surface area contributed by atoms with Crippen LogP contribution in [0, 0.1) is 0 Å². The van der Waals surface area contributed by atoms with Crippen molar-refractivity contribution in [3.05, 3.63) is 65.7 Å². The van der Waals surface area contributed by atoms with Crippen LogP contribution in [0.3, 0.4) is 0 Å². The Kier molecular flexibility index (Phi) is 5.62. The summed E-state index contributed by atoms with van der Waals surface area (Å²) in [5, 5.41) is 6.71. The number of nitrogens with one attached hydrogen (secondary N) is 1. The number of amides is 1. The number of nitrogens with zero attached hydrogens (tertiary/aromatic N) is 1. The highest BCUT2D eigenvalue weighted by Crippen LogP contribution is 2.32. The van der Waals surface area contributed by atoms with Gasteiger partial charge in [0.15, 0.2) is 5.13 Å². The summed E-state index contributed by atoms with van der Waals surface area (Å²) in [5.74, 6) is 0.898. The third-order valence-corrected chi connectivity index (χ3v) is 6.53. The molecule has 0 saturated carbocycles. The molecule has 4 aromatic rings. The number of thioether (sulfide) groups is 1. The first-order chi connectivity index (χ1) is 13.2. The highest BCUT2D eigenvalue weighted by Gasteiger charge is 2.10. The number of carbonyl (C=O) groups excluding carboxylic acids is 1. The number of hydrogen-bond donors (Lipinski definition) is 1. The summed E-state index contributed by atoms with van der Waals surface area (Å²) in [6.07, 6.45) is 1.30. The summed E-state index contributed by atoms with van der Waals surface area (Å²) in [5.41, 5.74) is 0.923. The van der Waals surface area contributed by atoms with Gasteiger partial charge in [0, 0.05) is 21.7 Å². The highest BCUT2D eigenvalue weighted by atomic mass is 35.5. The SMILES string of the molecule is O=C(CCCSc1ccc(Cl)cc1)Nc1nc2ccc3ccccc3c2s1. The molecule has 27 heavy (non-hydrogen) atoms. The Balaban J connectivity index is 1.34. The largest absolute Gasteiger partial charge is 0.302 e. The van der Waals surface area contributed by atoms with Crippen molar-refractivity contribution in [3.8, 4) is 0 Å². The third-order valence-electron chi connectivity index (χ3n) is 4.16. The Labute approximate surface area is 170 Å². The first kappa shape index (κ1) is 18.3. The fourth-order valence-corrected chi connectivity index (χ4v) is 4.84. The predicted octanol–water partition coefficient (Wildman–Crippen LogP) is 6.61. The number of hydrogen-bond acceptors (Lipinski definition) is 4. The molecular formula is C21H17ClN2OS2. The van der Waals surface area contributed by atoms with Gasteiger partial charge in [-0.15, -0.1) is 11.8 Å². The Morgan fingerprint density at radius 3 is 2.74 bits per heavy atom. The zero-order chi connectivity index (χ0) is 18.6. The Bertz CT molecular complexity index is 1090. The lowest BCUT2D eigenvalue weighted by molar-refractivity contribution is -0.116. The molecule has 6 heteroatoms. The van der Waals surface area contributed by atoms with E-state index < -0.39 is 0 Å². The Morgan fingerprint density at radius 2 is 1.89 bits per heavy atom. The molecule has 1 amide bonds. The maximum absolute atomic E-state index is 12.2. The van der Waals surface area contributed by atoms with Crippen molar-refractivity contribution in [3.63, 3.8) is 0 Å². The fraction of sp³-hybridized carbons (Fsp3) is 0.143. The van der Waals surface area contributed by atoms with Crippen LogP contribution in [0.5, 0.6) is 0 Å². The number of carbonyl (C=O) groups is 1. The van der Waals surface area contributed by atoms with Crippen molar-refractivity contribution >= 4 is 66.7 Å². The van der Waals surface area contributed by atoms with Gasteiger partial charge in [0.2, 0.25) is 5.91 Å². The molecule has 4 rings (SSSR count). The third kappa shape index (κ3) is 4.43. The minimum absolute atomic E-state index is 0.00932. The van der Waals surface area contributed by atoms with Gasteiger partial charge >= 0.3 is 0 Å². The molecule has 3 aromatic carbocycles. The molecule has 136 valence electrons. The average molecular weight is 413 g/mol. The molecule has 0 aliphatic rings. The summed E-state index contributed by atoms with van der Waals surface area (Å²) in [4.78, 5) is 18.0. The van der Waals surface area contributed by atoms with E-state index in [4.69, 9.17) is 11.6 Å². The van der Waals surface area contributed by atoms with Crippen molar-refractivity contribution in [2.24, 2.45) is 0 Å². The molecule has 1 aromatic heterocycles. The van der Waals surface area contributed by atoms with Crippen molar-refractivity contribution in [1.29, 1.82) is 0 Å². The van der Waals surface area contributed by atoms with Gasteiger partial charge in [0.05, 0.1) is 10.2 Å². The first-order valence-electron chi connectivity index (χ1n) is 8.65. The van der Waals surface area contributed by atoms with E-state index in [2.05, 4.69) is 28.5 Å². The van der Waals surface area contributed by atoms with Crippen LogP contribution < -0.4 is 5.32 Å². The molecule has 0 atom stereocenters. The maximum atomic E-state index is 12.2. The van der Waals surface area contributed by atoms with Gasteiger partial charge < -0.3 is 5.32 Å². The summed E-state index contributed by atoms with van der Waals surface area (Å²) in [6.45, 7) is 0. The lowest BCUT2D eigenvalue weighted by Gasteiger charge is -2.03. The molecule has 0 fully saturated rings. The number of rotatable bonds is 6. The van der Waals surface area contributed by atoms with E-state index in [1.807, 2.05) is 42.5 Å². The van der Waals surface area contributed by atoms with Gasteiger partial charge in [-0.05, 0) is 47.9 Å². The van der Waals surface area contributed by atoms with Crippen LogP contribution in [-0.4, -0.2) is 16.6 Å². The van der Waals surface area contributed by atoms with E-state index in [0.717, 1.165) is 32.3 Å². The number of aromatic nitrogens is 1. The van der Waals surface area contributed by atoms with E-state index in [1.54, 1.807) is 11.8 Å². The molecule has 1 heterocycles. The minimum Gasteiger partial charge on any atom is -0.302 e. The van der Waals surface area contributed by atoms with Crippen molar-refractivity contribution in [2.45, 2.75) is 17.7 Å². The first-order valence-corrected chi connectivity index (χ1v) is 10.8. The van der Waals surface area contributed by atoms with E-state index in [0.29, 0.717) is 11.6 Å². The van der Waals surface area contributed by atoms with E-state index in [-0.39, 0.29) is 5.91 Å². The van der Waals surface area contributed by atoms with Crippen LogP contribution in [0.2, 0.25) is 5.02 Å². The monoisotopic (exact) mass is 412 g/mol. The van der Waals surface area contributed by atoms with Crippen LogP contribution in [-0.2, 0) is 4.79 Å². The molecule has 0 bridgehead atoms. The second-order valence-electron chi connectivity index (χ2n) is 6.11. The van der Waals surface area contributed by atoms with Crippen molar-refractivity contribution in [2.75, 3.05) is 11.1 Å². The van der Waals surface area contributed by atoms with Crippen LogP contribution in [0.25, 0.3) is 21.0 Å². The van der Waals surface area contributed by atoms with E-state index in [9.17, 15) is 4.79 Å². The predicted molar refractivity (Wildman–Crippen MR) is 117 cm³/mol. The van der Waals surface area contributed by atoms with Gasteiger partial charge in [-0.25, -0.2) is 4.98 Å². The topological polar surface area (TPSA) is 42.0 Å². The zero-order valence-electron chi connectivity index (χ0n) is 14.4. The average Bonchev–Trinajstić information content (AvgIpc) is 3.09. The highest BCUT2D eigenvalue weighted by molar-refractivity contribution is 7.99.